The Morgan fingerprint density at radius 2 is 2.00 bits per heavy atom. The minimum absolute atomic E-state index is 0. The van der Waals surface area contributed by atoms with Gasteiger partial charge in [-0.3, -0.25) is 0 Å². The summed E-state index contributed by atoms with van der Waals surface area (Å²) in [5, 5.41) is 12.6. The number of piperazine rings is 1. The van der Waals surface area contributed by atoms with Gasteiger partial charge in [0.05, 0.1) is 6.54 Å². The topological polar surface area (TPSA) is 64.0 Å². The molecule has 1 saturated heterocycles. The number of rotatable bonds is 4. The average Bonchev–Trinajstić information content (AvgIpc) is 2.68. The summed E-state index contributed by atoms with van der Waals surface area (Å²) in [7, 11) is 0. The van der Waals surface area contributed by atoms with Crippen LogP contribution in [0.5, 0.6) is 5.75 Å². The predicted molar refractivity (Wildman–Crippen MR) is 116 cm³/mol. The van der Waals surface area contributed by atoms with Crippen LogP contribution >= 0.6 is 24.0 Å². The van der Waals surface area contributed by atoms with E-state index in [9.17, 15) is 9.50 Å². The van der Waals surface area contributed by atoms with E-state index in [4.69, 9.17) is 0 Å². The highest BCUT2D eigenvalue weighted by Gasteiger charge is 2.20. The summed E-state index contributed by atoms with van der Waals surface area (Å²) in [4.78, 5) is 13.5. The molecule has 0 bridgehead atoms. The predicted octanol–water partition coefficient (Wildman–Crippen LogP) is 2.83. The van der Waals surface area contributed by atoms with Crippen LogP contribution in [0.3, 0.4) is 0 Å². The van der Waals surface area contributed by atoms with Crippen molar-refractivity contribution in [3.05, 3.63) is 54.0 Å². The molecule has 2 aromatic rings. The molecule has 0 saturated carbocycles. The molecular formula is C19H25FIN5O. The lowest BCUT2D eigenvalue weighted by Gasteiger charge is -2.37. The van der Waals surface area contributed by atoms with Crippen LogP contribution in [0.1, 0.15) is 12.5 Å². The molecular weight excluding hydrogens is 460 g/mol. The van der Waals surface area contributed by atoms with Gasteiger partial charge in [0.25, 0.3) is 0 Å². The van der Waals surface area contributed by atoms with Gasteiger partial charge in [0.2, 0.25) is 0 Å². The van der Waals surface area contributed by atoms with Crippen LogP contribution in [-0.2, 0) is 6.54 Å². The highest BCUT2D eigenvalue weighted by Crippen LogP contribution is 2.17. The Hall–Kier alpha value is -2.10. The van der Waals surface area contributed by atoms with Gasteiger partial charge in [-0.25, -0.2) is 14.4 Å². The maximum absolute atomic E-state index is 13.5. The van der Waals surface area contributed by atoms with Gasteiger partial charge in [-0.05, 0) is 36.8 Å². The Kier molecular flexibility index (Phi) is 8.08. The Labute approximate surface area is 176 Å². The third-order valence-corrected chi connectivity index (χ3v) is 4.31. The number of hydrogen-bond acceptors (Lipinski definition) is 4. The van der Waals surface area contributed by atoms with Crippen LogP contribution in [0.15, 0.2) is 47.6 Å². The van der Waals surface area contributed by atoms with Gasteiger partial charge in [0.1, 0.15) is 5.82 Å². The number of benzene rings is 1. The number of aliphatic imine (C=N–C) groups is 1. The second-order valence-electron chi connectivity index (χ2n) is 6.12. The van der Waals surface area contributed by atoms with Gasteiger partial charge >= 0.3 is 0 Å². The molecule has 0 unspecified atom stereocenters. The summed E-state index contributed by atoms with van der Waals surface area (Å²) in [5.74, 6) is 0.859. The number of aromatic hydroxyl groups is 1. The Balaban J connectivity index is 0.00000261. The first-order valence-corrected chi connectivity index (χ1v) is 8.84. The van der Waals surface area contributed by atoms with Crippen LogP contribution in [0, 0.1) is 5.82 Å². The van der Waals surface area contributed by atoms with Crippen molar-refractivity contribution < 1.29 is 9.50 Å². The number of guanidine groups is 1. The average molecular weight is 485 g/mol. The van der Waals surface area contributed by atoms with Gasteiger partial charge in [-0.2, -0.15) is 0 Å². The van der Waals surface area contributed by atoms with Gasteiger partial charge in [-0.15, -0.1) is 24.0 Å². The zero-order chi connectivity index (χ0) is 18.4. The number of phenolic OH excluding ortho intramolecular Hbond substituents is 1. The van der Waals surface area contributed by atoms with E-state index >= 15 is 0 Å². The molecule has 0 atom stereocenters. The molecule has 6 nitrogen and oxygen atoms in total. The van der Waals surface area contributed by atoms with Crippen molar-refractivity contribution in [1.82, 2.24) is 15.2 Å². The molecule has 8 heteroatoms. The molecule has 146 valence electrons. The number of hydrogen-bond donors (Lipinski definition) is 2. The molecule has 3 rings (SSSR count). The van der Waals surface area contributed by atoms with E-state index in [0.29, 0.717) is 6.54 Å². The van der Waals surface area contributed by atoms with Crippen LogP contribution in [0.2, 0.25) is 0 Å². The third kappa shape index (κ3) is 5.69. The van der Waals surface area contributed by atoms with Crippen molar-refractivity contribution in [1.29, 1.82) is 0 Å². The molecule has 27 heavy (non-hydrogen) atoms. The molecule has 2 heterocycles. The third-order valence-electron chi connectivity index (χ3n) is 4.31. The first-order chi connectivity index (χ1) is 12.7. The first-order valence-electron chi connectivity index (χ1n) is 8.84. The minimum Gasteiger partial charge on any atom is -0.505 e. The van der Waals surface area contributed by atoms with Crippen molar-refractivity contribution >= 4 is 35.8 Å². The summed E-state index contributed by atoms with van der Waals surface area (Å²) < 4.78 is 13.5. The van der Waals surface area contributed by atoms with Crippen molar-refractivity contribution in [3.8, 4) is 5.75 Å². The Morgan fingerprint density at radius 3 is 2.63 bits per heavy atom. The summed E-state index contributed by atoms with van der Waals surface area (Å²) in [6.45, 7) is 6.58. The highest BCUT2D eigenvalue weighted by atomic mass is 127. The maximum atomic E-state index is 13.5. The monoisotopic (exact) mass is 485 g/mol. The number of phenols is 1. The van der Waals surface area contributed by atoms with Gasteiger partial charge in [0, 0.05) is 38.9 Å². The number of nitrogens with zero attached hydrogens (tertiary/aromatic N) is 4. The smallest absolute Gasteiger partial charge is 0.194 e. The second kappa shape index (κ2) is 10.3. The zero-order valence-electron chi connectivity index (χ0n) is 15.3. The first kappa shape index (κ1) is 21.2. The number of anilines is 1. The lowest BCUT2D eigenvalue weighted by atomic mass is 10.2. The van der Waals surface area contributed by atoms with E-state index < -0.39 is 5.82 Å². The largest absolute Gasteiger partial charge is 0.505 e. The fourth-order valence-corrected chi connectivity index (χ4v) is 2.93. The van der Waals surface area contributed by atoms with Crippen LogP contribution in [0.25, 0.3) is 0 Å². The van der Waals surface area contributed by atoms with Crippen molar-refractivity contribution in [3.63, 3.8) is 0 Å². The van der Waals surface area contributed by atoms with Gasteiger partial charge in [0.15, 0.2) is 17.5 Å². The van der Waals surface area contributed by atoms with Crippen LogP contribution < -0.4 is 10.2 Å². The van der Waals surface area contributed by atoms with E-state index in [2.05, 4.69) is 25.1 Å². The number of nitrogens with one attached hydrogen (secondary N) is 1. The molecule has 1 aromatic heterocycles. The quantitative estimate of drug-likeness (QED) is 0.396. The Bertz CT molecular complexity index is 751. The molecule has 0 spiro atoms. The van der Waals surface area contributed by atoms with Crippen molar-refractivity contribution in [2.75, 3.05) is 37.6 Å². The van der Waals surface area contributed by atoms with Crippen LogP contribution in [0.4, 0.5) is 10.2 Å². The van der Waals surface area contributed by atoms with E-state index in [0.717, 1.165) is 50.1 Å². The van der Waals surface area contributed by atoms with Crippen molar-refractivity contribution in [2.45, 2.75) is 13.5 Å². The zero-order valence-corrected chi connectivity index (χ0v) is 17.6. The van der Waals surface area contributed by atoms with Gasteiger partial charge in [-0.1, -0.05) is 12.1 Å². The molecule has 0 amide bonds. The van der Waals surface area contributed by atoms with Gasteiger partial charge < -0.3 is 20.2 Å². The fourth-order valence-electron chi connectivity index (χ4n) is 2.93. The van der Waals surface area contributed by atoms with Crippen molar-refractivity contribution in [2.24, 2.45) is 4.99 Å². The Morgan fingerprint density at radius 1 is 1.22 bits per heavy atom. The summed E-state index contributed by atoms with van der Waals surface area (Å²) in [6, 6.07) is 10.3. The fraction of sp³-hybridized carbons (Fsp3) is 0.368. The molecule has 0 aliphatic carbocycles. The SMILES string of the molecule is CCNC(=NCc1ccc(O)c(F)c1)N1CCN(c2ccccn2)CC1.I. The molecule has 2 N–H and O–H groups in total. The molecule has 1 aromatic carbocycles. The summed E-state index contributed by atoms with van der Waals surface area (Å²) >= 11 is 0. The van der Waals surface area contributed by atoms with Crippen LogP contribution in [-0.4, -0.2) is 53.7 Å². The lowest BCUT2D eigenvalue weighted by Crippen LogP contribution is -2.52. The lowest BCUT2D eigenvalue weighted by molar-refractivity contribution is 0.371. The number of pyridine rings is 1. The molecule has 1 aliphatic heterocycles. The normalized spacial score (nSPS) is 14.7. The number of aromatic nitrogens is 1. The molecule has 0 radical (unpaired) electrons. The standard InChI is InChI=1S/C19H24FN5O.HI/c1-2-21-19(23-14-15-6-7-17(26)16(20)13-15)25-11-9-24(10-12-25)18-5-3-4-8-22-18;/h3-8,13,26H,2,9-12,14H2,1H3,(H,21,23);1H. The highest BCUT2D eigenvalue weighted by molar-refractivity contribution is 14.0. The second-order valence-corrected chi connectivity index (χ2v) is 6.12. The minimum atomic E-state index is -0.619. The molecule has 1 aliphatic rings. The van der Waals surface area contributed by atoms with E-state index in [1.165, 1.54) is 12.1 Å². The number of halogens is 2. The van der Waals surface area contributed by atoms with E-state index in [-0.39, 0.29) is 29.7 Å². The van der Waals surface area contributed by atoms with E-state index in [1.54, 1.807) is 6.07 Å². The van der Waals surface area contributed by atoms with E-state index in [1.807, 2.05) is 31.3 Å². The molecule has 1 fully saturated rings. The summed E-state index contributed by atoms with van der Waals surface area (Å²) in [5.41, 5.74) is 0.725. The summed E-state index contributed by atoms with van der Waals surface area (Å²) in [6.07, 6.45) is 1.81. The maximum Gasteiger partial charge on any atom is 0.194 e.